The second kappa shape index (κ2) is 6.67. The molecule has 0 N–H and O–H groups in total. The molecule has 0 spiro atoms. The Balaban J connectivity index is 1.93. The van der Waals surface area contributed by atoms with Crippen molar-refractivity contribution in [3.63, 3.8) is 0 Å². The summed E-state index contributed by atoms with van der Waals surface area (Å²) >= 11 is 0. The zero-order valence-electron chi connectivity index (χ0n) is 13.7. The van der Waals surface area contributed by atoms with Gasteiger partial charge in [0, 0.05) is 0 Å². The summed E-state index contributed by atoms with van der Waals surface area (Å²) in [6, 6.07) is 0. The third kappa shape index (κ3) is 3.00. The van der Waals surface area contributed by atoms with Gasteiger partial charge in [0.2, 0.25) is 0 Å². The molecule has 6 atom stereocenters. The minimum absolute atomic E-state index is 0.924. The van der Waals surface area contributed by atoms with Crippen LogP contribution in [0.4, 0.5) is 0 Å². The lowest BCUT2D eigenvalue weighted by Crippen LogP contribution is -2.38. The van der Waals surface area contributed by atoms with Gasteiger partial charge in [0.15, 0.2) is 0 Å². The lowest BCUT2D eigenvalue weighted by Gasteiger charge is -2.46. The number of hydrogen-bond donors (Lipinski definition) is 0. The van der Waals surface area contributed by atoms with E-state index in [1.165, 1.54) is 64.2 Å². The molecular formula is C20H34. The fourth-order valence-corrected chi connectivity index (χ4v) is 5.81. The lowest BCUT2D eigenvalue weighted by atomic mass is 9.59. The molecule has 2 fully saturated rings. The van der Waals surface area contributed by atoms with Gasteiger partial charge in [-0.05, 0) is 67.6 Å². The van der Waals surface area contributed by atoms with Crippen molar-refractivity contribution >= 4 is 0 Å². The van der Waals surface area contributed by atoms with Gasteiger partial charge in [-0.25, -0.2) is 0 Å². The lowest BCUT2D eigenvalue weighted by molar-refractivity contribution is 0.0441. The van der Waals surface area contributed by atoms with E-state index in [-0.39, 0.29) is 0 Å². The van der Waals surface area contributed by atoms with Gasteiger partial charge in [0.25, 0.3) is 0 Å². The molecule has 3 aliphatic rings. The maximum Gasteiger partial charge on any atom is -0.0317 e. The Hall–Kier alpha value is -0.260. The molecule has 3 aliphatic carbocycles. The zero-order chi connectivity index (χ0) is 13.9. The molecule has 6 unspecified atom stereocenters. The molecule has 0 aliphatic heterocycles. The topological polar surface area (TPSA) is 0 Å². The van der Waals surface area contributed by atoms with Gasteiger partial charge in [0.1, 0.15) is 0 Å². The van der Waals surface area contributed by atoms with Crippen molar-refractivity contribution in [1.29, 1.82) is 0 Å². The van der Waals surface area contributed by atoms with Gasteiger partial charge in [0.05, 0.1) is 0 Å². The van der Waals surface area contributed by atoms with Crippen LogP contribution in [-0.2, 0) is 0 Å². The Labute approximate surface area is 126 Å². The van der Waals surface area contributed by atoms with E-state index in [0.29, 0.717) is 0 Å². The van der Waals surface area contributed by atoms with Crippen LogP contribution in [0.25, 0.3) is 0 Å². The Morgan fingerprint density at radius 3 is 1.85 bits per heavy atom. The maximum absolute atomic E-state index is 2.57. The van der Waals surface area contributed by atoms with Crippen molar-refractivity contribution in [2.24, 2.45) is 35.5 Å². The highest BCUT2D eigenvalue weighted by Gasteiger charge is 2.40. The number of rotatable bonds is 0. The SMILES string of the molecule is CC1CCCCC2C3CCCCC1C2CC=CCC3C. The van der Waals surface area contributed by atoms with Gasteiger partial charge in [-0.2, -0.15) is 0 Å². The normalized spacial score (nSPS) is 46.3. The van der Waals surface area contributed by atoms with Crippen molar-refractivity contribution in [3.8, 4) is 0 Å². The molecular weight excluding hydrogens is 240 g/mol. The van der Waals surface area contributed by atoms with E-state index in [1.54, 1.807) is 0 Å². The Morgan fingerprint density at radius 1 is 0.550 bits per heavy atom. The summed E-state index contributed by atoms with van der Waals surface area (Å²) in [5.41, 5.74) is 0. The van der Waals surface area contributed by atoms with Gasteiger partial charge < -0.3 is 0 Å². The van der Waals surface area contributed by atoms with E-state index in [2.05, 4.69) is 26.0 Å². The zero-order valence-corrected chi connectivity index (χ0v) is 13.7. The molecule has 0 amide bonds. The molecule has 114 valence electrons. The fraction of sp³-hybridized carbons (Fsp3) is 0.900. The molecule has 20 heavy (non-hydrogen) atoms. The van der Waals surface area contributed by atoms with E-state index in [0.717, 1.165) is 35.5 Å². The van der Waals surface area contributed by atoms with Gasteiger partial charge >= 0.3 is 0 Å². The summed E-state index contributed by atoms with van der Waals surface area (Å²) < 4.78 is 0. The van der Waals surface area contributed by atoms with E-state index in [1.807, 2.05) is 0 Å². The average molecular weight is 274 g/mol. The largest absolute Gasteiger partial charge is 0.0883 e. The monoisotopic (exact) mass is 274 g/mol. The number of hydrogen-bond acceptors (Lipinski definition) is 0. The van der Waals surface area contributed by atoms with Crippen LogP contribution in [-0.4, -0.2) is 0 Å². The first-order valence-electron chi connectivity index (χ1n) is 9.42. The third-order valence-electron chi connectivity index (χ3n) is 6.97. The third-order valence-corrected chi connectivity index (χ3v) is 6.97. The van der Waals surface area contributed by atoms with Gasteiger partial charge in [-0.1, -0.05) is 58.1 Å². The smallest absolute Gasteiger partial charge is 0.0317 e. The van der Waals surface area contributed by atoms with Gasteiger partial charge in [-0.15, -0.1) is 0 Å². The quantitative estimate of drug-likeness (QED) is 0.460. The Bertz CT molecular complexity index is 329. The first-order valence-corrected chi connectivity index (χ1v) is 9.42. The Kier molecular flexibility index (Phi) is 4.89. The highest BCUT2D eigenvalue weighted by molar-refractivity contribution is 4.98. The fourth-order valence-electron chi connectivity index (χ4n) is 5.81. The summed E-state index contributed by atoms with van der Waals surface area (Å²) in [7, 11) is 0. The van der Waals surface area contributed by atoms with Crippen molar-refractivity contribution in [2.45, 2.75) is 78.1 Å². The van der Waals surface area contributed by atoms with E-state index in [9.17, 15) is 0 Å². The van der Waals surface area contributed by atoms with Crippen LogP contribution in [0, 0.1) is 35.5 Å². The van der Waals surface area contributed by atoms with E-state index >= 15 is 0 Å². The van der Waals surface area contributed by atoms with Crippen LogP contribution in [0.3, 0.4) is 0 Å². The molecule has 2 saturated carbocycles. The summed E-state index contributed by atoms with van der Waals surface area (Å²) in [5.74, 6) is 6.01. The van der Waals surface area contributed by atoms with E-state index < -0.39 is 0 Å². The van der Waals surface area contributed by atoms with Crippen molar-refractivity contribution < 1.29 is 0 Å². The predicted octanol–water partition coefficient (Wildman–Crippen LogP) is 6.22. The van der Waals surface area contributed by atoms with Crippen LogP contribution in [0.2, 0.25) is 0 Å². The minimum Gasteiger partial charge on any atom is -0.0883 e. The van der Waals surface area contributed by atoms with Crippen molar-refractivity contribution in [1.82, 2.24) is 0 Å². The molecule has 0 nitrogen and oxygen atoms in total. The Morgan fingerprint density at radius 2 is 1.10 bits per heavy atom. The first-order chi connectivity index (χ1) is 9.77. The maximum atomic E-state index is 2.57. The predicted molar refractivity (Wildman–Crippen MR) is 87.6 cm³/mol. The summed E-state index contributed by atoms with van der Waals surface area (Å²) in [6.07, 6.45) is 19.9. The van der Waals surface area contributed by atoms with Crippen LogP contribution in [0.15, 0.2) is 12.2 Å². The standard InChI is InChI=1S/C20H34/c1-15-9-3-5-14-20-18-12-8-7-11-17(15)19(20)13-6-4-10-16(18)2/h3,5,15-20H,4,6-14H2,1-2H3. The molecule has 0 aromatic carbocycles. The molecule has 0 aromatic heterocycles. The molecule has 0 aromatic rings. The minimum atomic E-state index is 0.924. The van der Waals surface area contributed by atoms with Crippen molar-refractivity contribution in [3.05, 3.63) is 12.2 Å². The van der Waals surface area contributed by atoms with Crippen LogP contribution >= 0.6 is 0 Å². The summed E-state index contributed by atoms with van der Waals surface area (Å²) in [6.45, 7) is 5.10. The molecule has 0 heteroatoms. The second-order valence-corrected chi connectivity index (χ2v) is 8.12. The summed E-state index contributed by atoms with van der Waals surface area (Å²) in [5, 5.41) is 0. The highest BCUT2D eigenvalue weighted by Crippen LogP contribution is 2.49. The highest BCUT2D eigenvalue weighted by atomic mass is 14.4. The molecule has 4 bridgehead atoms. The van der Waals surface area contributed by atoms with Gasteiger partial charge in [-0.3, -0.25) is 0 Å². The van der Waals surface area contributed by atoms with Crippen LogP contribution in [0.5, 0.6) is 0 Å². The van der Waals surface area contributed by atoms with E-state index in [4.69, 9.17) is 0 Å². The van der Waals surface area contributed by atoms with Crippen molar-refractivity contribution in [2.75, 3.05) is 0 Å². The molecule has 0 heterocycles. The second-order valence-electron chi connectivity index (χ2n) is 8.12. The summed E-state index contributed by atoms with van der Waals surface area (Å²) in [4.78, 5) is 0. The average Bonchev–Trinajstić information content (AvgIpc) is 2.39. The van der Waals surface area contributed by atoms with Crippen LogP contribution in [0.1, 0.15) is 78.1 Å². The molecule has 3 rings (SSSR count). The molecule has 0 saturated heterocycles. The van der Waals surface area contributed by atoms with Crippen LogP contribution < -0.4 is 0 Å². The first kappa shape index (κ1) is 14.7. The molecule has 0 radical (unpaired) electrons. The number of allylic oxidation sites excluding steroid dienone is 2.